The minimum absolute atomic E-state index is 0.00299. The molecule has 0 radical (unpaired) electrons. The maximum absolute atomic E-state index is 14.8. The van der Waals surface area contributed by atoms with E-state index in [0.29, 0.717) is 22.2 Å². The Balaban J connectivity index is 1.88. The van der Waals surface area contributed by atoms with Crippen molar-refractivity contribution in [1.82, 2.24) is 10.1 Å². The lowest BCUT2D eigenvalue weighted by atomic mass is 9.83. The van der Waals surface area contributed by atoms with Crippen molar-refractivity contribution >= 4 is 31.8 Å². The molecule has 2 heterocycles. The van der Waals surface area contributed by atoms with Gasteiger partial charge >= 0.3 is 0 Å². The zero-order chi connectivity index (χ0) is 26.3. The average molecular weight is 534 g/mol. The van der Waals surface area contributed by atoms with E-state index in [1.165, 1.54) is 6.07 Å². The van der Waals surface area contributed by atoms with Crippen LogP contribution in [0.2, 0.25) is 0 Å². The highest BCUT2D eigenvalue weighted by molar-refractivity contribution is 7.90. The van der Waals surface area contributed by atoms with Crippen LogP contribution in [-0.2, 0) is 27.2 Å². The van der Waals surface area contributed by atoms with Gasteiger partial charge in [-0.15, -0.1) is 0 Å². The summed E-state index contributed by atoms with van der Waals surface area (Å²) in [7, 11) is -5.38. The molecule has 2 aromatic carbocycles. The van der Waals surface area contributed by atoms with Crippen LogP contribution in [-0.4, -0.2) is 33.8 Å². The van der Waals surface area contributed by atoms with E-state index in [9.17, 15) is 21.4 Å². The Bertz CT molecular complexity index is 1570. The third-order valence-corrected chi connectivity index (χ3v) is 8.34. The maximum atomic E-state index is 14.8. The Kier molecular flexibility index (Phi) is 7.09. The second-order valence-electron chi connectivity index (χ2n) is 9.25. The number of rotatable bonds is 8. The third-order valence-electron chi connectivity index (χ3n) is 6.10. The monoisotopic (exact) mass is 533 g/mol. The van der Waals surface area contributed by atoms with Gasteiger partial charge in [-0.3, -0.25) is 5.14 Å². The Morgan fingerprint density at radius 1 is 1.06 bits per heavy atom. The van der Waals surface area contributed by atoms with Crippen LogP contribution in [0.5, 0.6) is 0 Å². The topological polar surface area (TPSA) is 116 Å². The van der Waals surface area contributed by atoms with Gasteiger partial charge in [0.15, 0.2) is 20.7 Å². The van der Waals surface area contributed by atoms with Gasteiger partial charge in [0.1, 0.15) is 11.5 Å². The number of benzene rings is 2. The van der Waals surface area contributed by atoms with Crippen molar-refractivity contribution in [3.05, 3.63) is 77.5 Å². The second-order valence-corrected chi connectivity index (χ2v) is 12.9. The van der Waals surface area contributed by atoms with Gasteiger partial charge in [-0.05, 0) is 62.4 Å². The predicted molar refractivity (Wildman–Crippen MR) is 134 cm³/mol. The van der Waals surface area contributed by atoms with E-state index in [-0.39, 0.29) is 29.1 Å². The highest BCUT2D eigenvalue weighted by atomic mass is 32.2. The van der Waals surface area contributed by atoms with Crippen LogP contribution < -0.4 is 5.14 Å². The average Bonchev–Trinajstić information content (AvgIpc) is 3.24. The molecule has 0 spiro atoms. The Hall–Kier alpha value is -3.02. The quantitative estimate of drug-likeness (QED) is 0.351. The molecule has 0 bridgehead atoms. The van der Waals surface area contributed by atoms with Crippen molar-refractivity contribution in [2.45, 2.75) is 42.4 Å². The molecule has 0 fully saturated rings. The lowest BCUT2D eigenvalue weighted by Crippen LogP contribution is -2.34. The number of fused-ring (bicyclic) bond motifs is 1. The summed E-state index contributed by atoms with van der Waals surface area (Å²) in [5.41, 5.74) is 1.67. The molecule has 0 aliphatic carbocycles. The lowest BCUT2D eigenvalue weighted by Gasteiger charge is -2.29. The zero-order valence-electron chi connectivity index (χ0n) is 19.9. The molecule has 1 unspecified atom stereocenters. The van der Waals surface area contributed by atoms with Crippen molar-refractivity contribution in [3.63, 3.8) is 0 Å². The van der Waals surface area contributed by atoms with Gasteiger partial charge in [0.05, 0.1) is 26.8 Å². The van der Waals surface area contributed by atoms with Gasteiger partial charge in [-0.2, -0.15) is 0 Å². The van der Waals surface area contributed by atoms with E-state index in [2.05, 4.69) is 10.1 Å². The fourth-order valence-electron chi connectivity index (χ4n) is 4.21. The van der Waals surface area contributed by atoms with Gasteiger partial charge < -0.3 is 4.52 Å². The van der Waals surface area contributed by atoms with Gasteiger partial charge in [0.25, 0.3) is 0 Å². The molecule has 0 aliphatic heterocycles. The molecule has 0 saturated carbocycles. The first kappa shape index (κ1) is 26.1. The van der Waals surface area contributed by atoms with Crippen LogP contribution in [0, 0.1) is 11.6 Å². The SMILES string of the molecule is CC(C)(C[C@H](Cc1nc(S(C)(=O)=O)ccc1F)c1ccccc1-c1noc2c(F)cccc12)S(N)=O. The maximum Gasteiger partial charge on any atom is 0.203 e. The summed E-state index contributed by atoms with van der Waals surface area (Å²) in [4.78, 5) is 4.08. The summed E-state index contributed by atoms with van der Waals surface area (Å²) >= 11 is 0. The lowest BCUT2D eigenvalue weighted by molar-refractivity contribution is 0.442. The number of aromatic nitrogens is 2. The normalized spacial score (nSPS) is 14.2. The molecule has 0 aliphatic rings. The fourth-order valence-corrected chi connectivity index (χ4v) is 5.16. The smallest absolute Gasteiger partial charge is 0.203 e. The number of halogens is 2. The first-order valence-corrected chi connectivity index (χ1v) is 14.1. The number of nitrogens with two attached hydrogens (primary N) is 1. The third kappa shape index (κ3) is 5.23. The molecule has 2 atom stereocenters. The number of pyridine rings is 1. The summed E-state index contributed by atoms with van der Waals surface area (Å²) in [6.07, 6.45) is 1.25. The first-order valence-electron chi connectivity index (χ1n) is 11.0. The van der Waals surface area contributed by atoms with E-state index in [1.807, 2.05) is 6.07 Å². The van der Waals surface area contributed by atoms with Crippen LogP contribution in [0.3, 0.4) is 0 Å². The molecular formula is C25H25F2N3O4S2. The molecule has 190 valence electrons. The largest absolute Gasteiger partial charge is 0.352 e. The Morgan fingerprint density at radius 2 is 1.78 bits per heavy atom. The van der Waals surface area contributed by atoms with Gasteiger partial charge in [-0.1, -0.05) is 35.5 Å². The van der Waals surface area contributed by atoms with E-state index >= 15 is 0 Å². The van der Waals surface area contributed by atoms with Crippen molar-refractivity contribution in [2.75, 3.05) is 6.26 Å². The highest BCUT2D eigenvalue weighted by Crippen LogP contribution is 2.39. The van der Waals surface area contributed by atoms with Crippen LogP contribution in [0.4, 0.5) is 8.78 Å². The molecule has 2 N–H and O–H groups in total. The minimum Gasteiger partial charge on any atom is -0.352 e. The van der Waals surface area contributed by atoms with E-state index in [0.717, 1.165) is 18.4 Å². The highest BCUT2D eigenvalue weighted by Gasteiger charge is 2.32. The second kappa shape index (κ2) is 9.79. The van der Waals surface area contributed by atoms with Crippen molar-refractivity contribution in [2.24, 2.45) is 5.14 Å². The summed E-state index contributed by atoms with van der Waals surface area (Å²) in [6, 6.07) is 13.9. The number of para-hydroxylation sites is 1. The van der Waals surface area contributed by atoms with E-state index in [4.69, 9.17) is 9.66 Å². The summed E-state index contributed by atoms with van der Waals surface area (Å²) in [6.45, 7) is 3.46. The first-order chi connectivity index (χ1) is 16.9. The van der Waals surface area contributed by atoms with Gasteiger partial charge in [0, 0.05) is 11.8 Å². The molecule has 7 nitrogen and oxygen atoms in total. The van der Waals surface area contributed by atoms with Crippen LogP contribution >= 0.6 is 0 Å². The molecule has 2 aromatic heterocycles. The Labute approximate surface area is 210 Å². The van der Waals surface area contributed by atoms with Crippen molar-refractivity contribution in [3.8, 4) is 11.3 Å². The van der Waals surface area contributed by atoms with E-state index < -0.39 is 43.1 Å². The standard InChI is InChI=1S/C25H25F2N3O4S2/c1-25(2,35(28)31)14-15(13-21-19(26)11-12-22(29-21)36(3,32)33)16-7-4-5-8-17(16)23-18-9-6-10-20(27)24(18)34-30-23/h4-12,15H,13-14,28H2,1-3H3/t15-,35?/m0/s1. The van der Waals surface area contributed by atoms with Gasteiger partial charge in [-0.25, -0.2) is 26.4 Å². The minimum atomic E-state index is -3.67. The predicted octanol–water partition coefficient (Wildman–Crippen LogP) is 4.69. The number of hydrogen-bond acceptors (Lipinski definition) is 6. The zero-order valence-corrected chi connectivity index (χ0v) is 21.5. The van der Waals surface area contributed by atoms with Gasteiger partial charge in [0.2, 0.25) is 5.58 Å². The molecular weight excluding hydrogens is 508 g/mol. The summed E-state index contributed by atoms with van der Waals surface area (Å²) in [5, 5.41) is 10.1. The summed E-state index contributed by atoms with van der Waals surface area (Å²) < 4.78 is 69.9. The Morgan fingerprint density at radius 3 is 2.47 bits per heavy atom. The summed E-state index contributed by atoms with van der Waals surface area (Å²) in [5.74, 6) is -1.71. The molecule has 4 aromatic rings. The van der Waals surface area contributed by atoms with Crippen LogP contribution in [0.15, 0.2) is 64.1 Å². The van der Waals surface area contributed by atoms with Crippen LogP contribution in [0.1, 0.15) is 37.4 Å². The fraction of sp³-hybridized carbons (Fsp3) is 0.280. The number of sulfone groups is 1. The van der Waals surface area contributed by atoms with Crippen molar-refractivity contribution < 1.29 is 25.9 Å². The van der Waals surface area contributed by atoms with Crippen molar-refractivity contribution in [1.29, 1.82) is 0 Å². The number of hydrogen-bond donors (Lipinski definition) is 1. The molecule has 11 heteroatoms. The molecule has 36 heavy (non-hydrogen) atoms. The van der Waals surface area contributed by atoms with Crippen LogP contribution in [0.25, 0.3) is 22.2 Å². The molecule has 4 rings (SSSR count). The number of nitrogens with zero attached hydrogens (tertiary/aromatic N) is 2. The molecule has 0 saturated heterocycles. The van der Waals surface area contributed by atoms with E-state index in [1.54, 1.807) is 44.2 Å². The molecule has 0 amide bonds.